The number of unbranched alkanes of at least 4 members (excludes halogenated alkanes) is 1. The number of guanidine groups is 1. The van der Waals surface area contributed by atoms with E-state index in [-0.39, 0.29) is 18.1 Å². The fraction of sp³-hybridized carbons (Fsp3) is 0.750. The molecule has 0 aromatic carbocycles. The first kappa shape index (κ1) is 32.8. The third-order valence-electron chi connectivity index (χ3n) is 4.93. The SMILES string of the molecule is CSCCC(NC(=O)C(N)CCCN=C(N)N)C(=O)NC(CS)C(=O)NC(CCCCN)C(=O)O. The van der Waals surface area contributed by atoms with Crippen molar-refractivity contribution in [1.82, 2.24) is 16.0 Å². The Labute approximate surface area is 215 Å². The Kier molecular flexibility index (Phi) is 17.8. The molecule has 0 saturated carbocycles. The van der Waals surface area contributed by atoms with Crippen LogP contribution in [0.5, 0.6) is 0 Å². The van der Waals surface area contributed by atoms with Gasteiger partial charge in [0.05, 0.1) is 6.04 Å². The van der Waals surface area contributed by atoms with Crippen molar-refractivity contribution in [2.75, 3.05) is 30.9 Å². The molecule has 0 bridgehead atoms. The number of nitrogens with zero attached hydrogens (tertiary/aromatic N) is 1. The number of rotatable bonds is 19. The van der Waals surface area contributed by atoms with Crippen LogP contribution in [-0.2, 0) is 19.2 Å². The second-order valence-corrected chi connectivity index (χ2v) is 9.18. The molecule has 0 saturated heterocycles. The first-order valence-corrected chi connectivity index (χ1v) is 13.3. The minimum atomic E-state index is -1.18. The molecule has 12 N–H and O–H groups in total. The summed E-state index contributed by atoms with van der Waals surface area (Å²) < 4.78 is 0. The number of carboxylic acids is 1. The molecule has 0 aromatic heterocycles. The molecule has 15 heteroatoms. The summed E-state index contributed by atoms with van der Waals surface area (Å²) in [7, 11) is 0. The fourth-order valence-electron chi connectivity index (χ4n) is 2.92. The molecule has 35 heavy (non-hydrogen) atoms. The van der Waals surface area contributed by atoms with Gasteiger partial charge in [-0.05, 0) is 57.1 Å². The summed E-state index contributed by atoms with van der Waals surface area (Å²) in [6.07, 6.45) is 4.30. The van der Waals surface area contributed by atoms with E-state index in [1.165, 1.54) is 11.8 Å². The van der Waals surface area contributed by atoms with Crippen molar-refractivity contribution in [3.63, 3.8) is 0 Å². The maximum atomic E-state index is 12.9. The van der Waals surface area contributed by atoms with Crippen molar-refractivity contribution in [1.29, 1.82) is 0 Å². The molecule has 0 spiro atoms. The molecule has 0 aliphatic rings. The van der Waals surface area contributed by atoms with Crippen LogP contribution >= 0.6 is 24.4 Å². The number of aliphatic carboxylic acids is 1. The van der Waals surface area contributed by atoms with Gasteiger partial charge in [-0.3, -0.25) is 19.4 Å². The number of amides is 3. The third kappa shape index (κ3) is 14.7. The molecule has 0 heterocycles. The highest BCUT2D eigenvalue weighted by Crippen LogP contribution is 2.05. The van der Waals surface area contributed by atoms with E-state index in [2.05, 4.69) is 33.6 Å². The number of aliphatic imine (C=N–C) groups is 1. The number of hydrogen-bond acceptors (Lipinski definition) is 9. The molecule has 13 nitrogen and oxygen atoms in total. The van der Waals surface area contributed by atoms with E-state index in [0.717, 1.165) is 0 Å². The van der Waals surface area contributed by atoms with Crippen molar-refractivity contribution in [2.24, 2.45) is 27.9 Å². The van der Waals surface area contributed by atoms with Crippen LogP contribution in [0.25, 0.3) is 0 Å². The Hall–Kier alpha value is -2.23. The Balaban J connectivity index is 5.08. The number of hydrogen-bond donors (Lipinski definition) is 9. The molecule has 0 aliphatic heterocycles. The maximum Gasteiger partial charge on any atom is 0.326 e. The Morgan fingerprint density at radius 1 is 0.914 bits per heavy atom. The van der Waals surface area contributed by atoms with Gasteiger partial charge >= 0.3 is 5.97 Å². The minimum Gasteiger partial charge on any atom is -0.480 e. The quantitative estimate of drug-likeness (QED) is 0.0370. The van der Waals surface area contributed by atoms with E-state index < -0.39 is 47.9 Å². The fourth-order valence-corrected chi connectivity index (χ4v) is 3.65. The summed E-state index contributed by atoms with van der Waals surface area (Å²) in [5, 5.41) is 17.0. The smallest absolute Gasteiger partial charge is 0.326 e. The lowest BCUT2D eigenvalue weighted by Crippen LogP contribution is -2.57. The average Bonchev–Trinajstić information content (AvgIpc) is 2.81. The third-order valence-corrected chi connectivity index (χ3v) is 5.93. The predicted octanol–water partition coefficient (Wildman–Crippen LogP) is -2.28. The van der Waals surface area contributed by atoms with E-state index >= 15 is 0 Å². The minimum absolute atomic E-state index is 0.0511. The van der Waals surface area contributed by atoms with Crippen LogP contribution in [0.4, 0.5) is 0 Å². The predicted molar refractivity (Wildman–Crippen MR) is 141 cm³/mol. The van der Waals surface area contributed by atoms with Crippen LogP contribution < -0.4 is 38.9 Å². The topological polar surface area (TPSA) is 241 Å². The number of carbonyl (C=O) groups is 4. The van der Waals surface area contributed by atoms with Crippen LogP contribution in [0.2, 0.25) is 0 Å². The lowest BCUT2D eigenvalue weighted by atomic mass is 10.1. The van der Waals surface area contributed by atoms with Gasteiger partial charge in [0.15, 0.2) is 5.96 Å². The van der Waals surface area contributed by atoms with Crippen molar-refractivity contribution >= 4 is 54.0 Å². The zero-order valence-electron chi connectivity index (χ0n) is 20.1. The molecule has 202 valence electrons. The molecule has 0 aromatic rings. The largest absolute Gasteiger partial charge is 0.480 e. The van der Waals surface area contributed by atoms with Gasteiger partial charge in [0, 0.05) is 12.3 Å². The van der Waals surface area contributed by atoms with Gasteiger partial charge in [-0.25, -0.2) is 4.79 Å². The van der Waals surface area contributed by atoms with Crippen molar-refractivity contribution in [2.45, 2.75) is 62.7 Å². The first-order chi connectivity index (χ1) is 16.6. The number of nitrogens with one attached hydrogen (secondary N) is 3. The highest BCUT2D eigenvalue weighted by atomic mass is 32.2. The lowest BCUT2D eigenvalue weighted by molar-refractivity contribution is -0.142. The summed E-state index contributed by atoms with van der Waals surface area (Å²) in [6, 6.07) is -4.02. The number of thioether (sulfide) groups is 1. The van der Waals surface area contributed by atoms with Crippen LogP contribution in [0.15, 0.2) is 4.99 Å². The lowest BCUT2D eigenvalue weighted by Gasteiger charge is -2.24. The van der Waals surface area contributed by atoms with Crippen LogP contribution in [0, 0.1) is 0 Å². The Morgan fingerprint density at radius 2 is 1.51 bits per heavy atom. The number of carbonyl (C=O) groups excluding carboxylic acids is 3. The van der Waals surface area contributed by atoms with Crippen LogP contribution in [0.3, 0.4) is 0 Å². The summed E-state index contributed by atoms with van der Waals surface area (Å²) in [5.74, 6) is -2.53. The van der Waals surface area contributed by atoms with E-state index in [1.54, 1.807) is 0 Å². The number of carboxylic acid groups (broad SMARTS) is 1. The highest BCUT2D eigenvalue weighted by Gasteiger charge is 2.29. The molecular weight excluding hydrogens is 496 g/mol. The van der Waals surface area contributed by atoms with Gasteiger partial charge in [-0.2, -0.15) is 24.4 Å². The molecule has 0 rings (SSSR count). The first-order valence-electron chi connectivity index (χ1n) is 11.3. The van der Waals surface area contributed by atoms with Crippen molar-refractivity contribution < 1.29 is 24.3 Å². The second-order valence-electron chi connectivity index (χ2n) is 7.83. The van der Waals surface area contributed by atoms with Crippen molar-refractivity contribution in [3.05, 3.63) is 0 Å². The molecule has 0 fully saturated rings. The van der Waals surface area contributed by atoms with Gasteiger partial charge < -0.3 is 44.0 Å². The van der Waals surface area contributed by atoms with Crippen molar-refractivity contribution in [3.8, 4) is 0 Å². The average molecular weight is 537 g/mol. The summed E-state index contributed by atoms with van der Waals surface area (Å²) >= 11 is 5.60. The van der Waals surface area contributed by atoms with Gasteiger partial charge in [0.25, 0.3) is 0 Å². The zero-order chi connectivity index (χ0) is 26.8. The molecule has 0 radical (unpaired) electrons. The van der Waals surface area contributed by atoms with Gasteiger partial charge in [0.2, 0.25) is 17.7 Å². The van der Waals surface area contributed by atoms with Gasteiger partial charge in [-0.1, -0.05) is 0 Å². The van der Waals surface area contributed by atoms with Gasteiger partial charge in [0.1, 0.15) is 18.1 Å². The monoisotopic (exact) mass is 536 g/mol. The number of nitrogens with two attached hydrogens (primary N) is 4. The summed E-state index contributed by atoms with van der Waals surface area (Å²) in [4.78, 5) is 53.3. The number of thiol groups is 1. The molecule has 3 amide bonds. The zero-order valence-corrected chi connectivity index (χ0v) is 21.8. The molecular formula is C20H40N8O5S2. The second kappa shape index (κ2) is 19.0. The Morgan fingerprint density at radius 3 is 2.06 bits per heavy atom. The normalized spacial score (nSPS) is 14.2. The highest BCUT2D eigenvalue weighted by molar-refractivity contribution is 7.98. The van der Waals surface area contributed by atoms with Gasteiger partial charge in [-0.15, -0.1) is 0 Å². The summed E-state index contributed by atoms with van der Waals surface area (Å²) in [6.45, 7) is 0.737. The van der Waals surface area contributed by atoms with Crippen LogP contribution in [0.1, 0.15) is 38.5 Å². The maximum absolute atomic E-state index is 12.9. The van der Waals surface area contributed by atoms with Crippen LogP contribution in [-0.4, -0.2) is 89.8 Å². The van der Waals surface area contributed by atoms with E-state index in [0.29, 0.717) is 50.9 Å². The molecule has 4 atom stereocenters. The van der Waals surface area contributed by atoms with E-state index in [9.17, 15) is 24.3 Å². The van der Waals surface area contributed by atoms with E-state index in [4.69, 9.17) is 22.9 Å². The van der Waals surface area contributed by atoms with E-state index in [1.807, 2.05) is 6.26 Å². The standard InChI is InChI=1S/C20H40N8O5S2/c1-35-10-7-13(26-16(29)12(22)5-4-9-25-20(23)24)17(30)28-15(11-34)18(31)27-14(19(32)33)6-2-3-8-21/h12-15,34H,2-11,21-22H2,1H3,(H,26,29)(H,27,31)(H,28,30)(H,32,33)(H4,23,24,25). The Bertz CT molecular complexity index is 709. The molecule has 4 unspecified atom stereocenters. The summed E-state index contributed by atoms with van der Waals surface area (Å²) in [5.41, 5.74) is 21.9. The molecule has 0 aliphatic carbocycles.